The molecule has 0 bridgehead atoms. The van der Waals surface area contributed by atoms with Crippen molar-refractivity contribution in [3.05, 3.63) is 48.7 Å². The number of ether oxygens (including phenoxy) is 1. The maximum absolute atomic E-state index is 9.56. The summed E-state index contributed by atoms with van der Waals surface area (Å²) in [6.45, 7) is 0. The summed E-state index contributed by atoms with van der Waals surface area (Å²) in [5.74, 6) is 0.747. The SMILES string of the molecule is COc1ccccc1-c1ccnc2ccc(O)nc12. The summed E-state index contributed by atoms with van der Waals surface area (Å²) >= 11 is 0. The Morgan fingerprint density at radius 1 is 1.00 bits per heavy atom. The Morgan fingerprint density at radius 2 is 1.84 bits per heavy atom. The molecule has 94 valence electrons. The molecule has 1 aromatic carbocycles. The Kier molecular flexibility index (Phi) is 2.76. The van der Waals surface area contributed by atoms with Crippen molar-refractivity contribution >= 4 is 11.0 Å². The molecular weight excluding hydrogens is 240 g/mol. The molecule has 0 fully saturated rings. The Morgan fingerprint density at radius 3 is 2.68 bits per heavy atom. The number of para-hydroxylation sites is 1. The lowest BCUT2D eigenvalue weighted by Crippen LogP contribution is -1.91. The minimum absolute atomic E-state index is 0.0170. The van der Waals surface area contributed by atoms with Crippen LogP contribution in [0.1, 0.15) is 0 Å². The summed E-state index contributed by atoms with van der Waals surface area (Å²) in [4.78, 5) is 8.41. The van der Waals surface area contributed by atoms with Crippen LogP contribution in [0.2, 0.25) is 0 Å². The first-order chi connectivity index (χ1) is 9.29. The van der Waals surface area contributed by atoms with Crippen molar-refractivity contribution in [2.45, 2.75) is 0 Å². The van der Waals surface area contributed by atoms with Gasteiger partial charge in [-0.2, -0.15) is 0 Å². The lowest BCUT2D eigenvalue weighted by Gasteiger charge is -2.10. The fourth-order valence-corrected chi connectivity index (χ4v) is 2.10. The number of aromatic hydroxyl groups is 1. The van der Waals surface area contributed by atoms with Crippen molar-refractivity contribution in [3.8, 4) is 22.8 Å². The quantitative estimate of drug-likeness (QED) is 0.761. The van der Waals surface area contributed by atoms with E-state index in [2.05, 4.69) is 9.97 Å². The van der Waals surface area contributed by atoms with Gasteiger partial charge in [0.05, 0.1) is 12.6 Å². The molecule has 0 radical (unpaired) electrons. The number of nitrogens with zero attached hydrogens (tertiary/aromatic N) is 2. The molecule has 3 aromatic rings. The van der Waals surface area contributed by atoms with E-state index in [4.69, 9.17) is 4.74 Å². The number of hydrogen-bond donors (Lipinski definition) is 1. The van der Waals surface area contributed by atoms with Crippen LogP contribution in [0.5, 0.6) is 11.6 Å². The minimum atomic E-state index is -0.0170. The highest BCUT2D eigenvalue weighted by Crippen LogP contribution is 2.33. The molecule has 1 N–H and O–H groups in total. The Hall–Kier alpha value is -2.62. The van der Waals surface area contributed by atoms with Gasteiger partial charge in [0, 0.05) is 23.4 Å². The van der Waals surface area contributed by atoms with E-state index in [0.717, 1.165) is 22.4 Å². The highest BCUT2D eigenvalue weighted by molar-refractivity contribution is 5.93. The predicted molar refractivity (Wildman–Crippen MR) is 73.2 cm³/mol. The van der Waals surface area contributed by atoms with Gasteiger partial charge >= 0.3 is 0 Å². The smallest absolute Gasteiger partial charge is 0.211 e. The van der Waals surface area contributed by atoms with Crippen LogP contribution in [0, 0.1) is 0 Å². The number of hydrogen-bond acceptors (Lipinski definition) is 4. The van der Waals surface area contributed by atoms with Gasteiger partial charge < -0.3 is 9.84 Å². The second-order valence-corrected chi connectivity index (χ2v) is 4.10. The van der Waals surface area contributed by atoms with Crippen molar-refractivity contribution in [2.24, 2.45) is 0 Å². The largest absolute Gasteiger partial charge is 0.496 e. The summed E-state index contributed by atoms with van der Waals surface area (Å²) in [6.07, 6.45) is 1.73. The fraction of sp³-hybridized carbons (Fsp3) is 0.0667. The van der Waals surface area contributed by atoms with Crippen LogP contribution in [0.15, 0.2) is 48.7 Å². The Labute approximate surface area is 110 Å². The number of methoxy groups -OCH3 is 1. The standard InChI is InChI=1S/C15H12N2O2/c1-19-13-5-3-2-4-10(13)11-8-9-16-12-6-7-14(18)17-15(11)12/h2-9H,1H3,(H,17,18). The summed E-state index contributed by atoms with van der Waals surface area (Å²) in [5.41, 5.74) is 3.21. The average molecular weight is 252 g/mol. The van der Waals surface area contributed by atoms with Crippen LogP contribution in [-0.2, 0) is 0 Å². The summed E-state index contributed by atoms with van der Waals surface area (Å²) < 4.78 is 5.37. The number of benzene rings is 1. The number of aromatic nitrogens is 2. The van der Waals surface area contributed by atoms with Crippen LogP contribution in [0.25, 0.3) is 22.2 Å². The van der Waals surface area contributed by atoms with Gasteiger partial charge in [0.1, 0.15) is 11.3 Å². The first-order valence-corrected chi connectivity index (χ1v) is 5.88. The molecular formula is C15H12N2O2. The molecule has 19 heavy (non-hydrogen) atoms. The van der Waals surface area contributed by atoms with E-state index in [1.807, 2.05) is 30.3 Å². The zero-order chi connectivity index (χ0) is 13.2. The number of pyridine rings is 2. The first kappa shape index (κ1) is 11.5. The van der Waals surface area contributed by atoms with E-state index in [0.29, 0.717) is 5.52 Å². The highest BCUT2D eigenvalue weighted by atomic mass is 16.5. The van der Waals surface area contributed by atoms with E-state index >= 15 is 0 Å². The average Bonchev–Trinajstić information content (AvgIpc) is 2.46. The molecule has 0 spiro atoms. The van der Waals surface area contributed by atoms with Crippen molar-refractivity contribution < 1.29 is 9.84 Å². The molecule has 0 atom stereocenters. The van der Waals surface area contributed by atoms with E-state index in [1.54, 1.807) is 19.4 Å². The highest BCUT2D eigenvalue weighted by Gasteiger charge is 2.10. The second kappa shape index (κ2) is 4.57. The van der Waals surface area contributed by atoms with Crippen molar-refractivity contribution in [2.75, 3.05) is 7.11 Å². The predicted octanol–water partition coefficient (Wildman–Crippen LogP) is 3.01. The van der Waals surface area contributed by atoms with Crippen LogP contribution in [0.3, 0.4) is 0 Å². The molecule has 2 heterocycles. The minimum Gasteiger partial charge on any atom is -0.496 e. The van der Waals surface area contributed by atoms with Crippen molar-refractivity contribution in [1.29, 1.82) is 0 Å². The van der Waals surface area contributed by atoms with E-state index < -0.39 is 0 Å². The lowest BCUT2D eigenvalue weighted by molar-refractivity contribution is 0.416. The van der Waals surface area contributed by atoms with Gasteiger partial charge in [0.25, 0.3) is 0 Å². The normalized spacial score (nSPS) is 10.6. The van der Waals surface area contributed by atoms with Crippen LogP contribution in [0.4, 0.5) is 0 Å². The maximum atomic E-state index is 9.56. The van der Waals surface area contributed by atoms with Gasteiger partial charge in [0.2, 0.25) is 5.88 Å². The lowest BCUT2D eigenvalue weighted by atomic mass is 10.0. The molecule has 0 unspecified atom stereocenters. The summed E-state index contributed by atoms with van der Waals surface area (Å²) in [7, 11) is 1.63. The zero-order valence-electron chi connectivity index (χ0n) is 10.4. The Bertz CT molecular complexity index is 741. The molecule has 0 aliphatic heterocycles. The molecule has 0 saturated heterocycles. The van der Waals surface area contributed by atoms with E-state index in [9.17, 15) is 5.11 Å². The van der Waals surface area contributed by atoms with Crippen molar-refractivity contribution in [1.82, 2.24) is 9.97 Å². The molecule has 0 amide bonds. The van der Waals surface area contributed by atoms with Crippen LogP contribution in [-0.4, -0.2) is 22.2 Å². The number of fused-ring (bicyclic) bond motifs is 1. The molecule has 0 aliphatic carbocycles. The summed E-state index contributed by atoms with van der Waals surface area (Å²) in [5, 5.41) is 9.56. The molecule has 2 aromatic heterocycles. The fourth-order valence-electron chi connectivity index (χ4n) is 2.10. The third kappa shape index (κ3) is 1.97. The third-order valence-corrected chi connectivity index (χ3v) is 2.97. The van der Waals surface area contributed by atoms with Gasteiger partial charge in [-0.15, -0.1) is 0 Å². The molecule has 0 saturated carbocycles. The second-order valence-electron chi connectivity index (χ2n) is 4.10. The third-order valence-electron chi connectivity index (χ3n) is 2.97. The van der Waals surface area contributed by atoms with Gasteiger partial charge in [-0.05, 0) is 18.2 Å². The molecule has 4 nitrogen and oxygen atoms in total. The van der Waals surface area contributed by atoms with Gasteiger partial charge in [-0.25, -0.2) is 4.98 Å². The van der Waals surface area contributed by atoms with Crippen LogP contribution < -0.4 is 4.74 Å². The van der Waals surface area contributed by atoms with E-state index in [-0.39, 0.29) is 5.88 Å². The number of rotatable bonds is 2. The monoisotopic (exact) mass is 252 g/mol. The zero-order valence-corrected chi connectivity index (χ0v) is 10.4. The van der Waals surface area contributed by atoms with Gasteiger partial charge in [-0.3, -0.25) is 4.98 Å². The molecule has 0 aliphatic rings. The molecule has 4 heteroatoms. The summed E-state index contributed by atoms with van der Waals surface area (Å²) in [6, 6.07) is 12.8. The van der Waals surface area contributed by atoms with Gasteiger partial charge in [0.15, 0.2) is 0 Å². The van der Waals surface area contributed by atoms with E-state index in [1.165, 1.54) is 6.07 Å². The Balaban J connectivity index is 2.33. The van der Waals surface area contributed by atoms with Crippen LogP contribution >= 0.6 is 0 Å². The molecule has 3 rings (SSSR count). The first-order valence-electron chi connectivity index (χ1n) is 5.88. The van der Waals surface area contributed by atoms with Crippen molar-refractivity contribution in [3.63, 3.8) is 0 Å². The topological polar surface area (TPSA) is 55.2 Å². The maximum Gasteiger partial charge on any atom is 0.211 e. The van der Waals surface area contributed by atoms with Gasteiger partial charge in [-0.1, -0.05) is 18.2 Å².